The fourth-order valence-electron chi connectivity index (χ4n) is 3.04. The molecule has 1 aliphatic rings. The van der Waals surface area contributed by atoms with E-state index in [2.05, 4.69) is 5.16 Å². The maximum absolute atomic E-state index is 13.9. The standard InChI is InChI=1S/C16H16F2N2O3/c1-9-14(13(8-21)19-23-9)16(22)20-6-5-10(7-20)15-11(17)3-2-4-12(15)18/h2-4,10,21H,5-8H2,1H3. The lowest BCUT2D eigenvalue weighted by atomic mass is 9.97. The van der Waals surface area contributed by atoms with Gasteiger partial charge in [0, 0.05) is 24.6 Å². The van der Waals surface area contributed by atoms with Gasteiger partial charge in [-0.2, -0.15) is 0 Å². The SMILES string of the molecule is Cc1onc(CO)c1C(=O)N1CCC(c2c(F)cccc2F)C1. The summed E-state index contributed by atoms with van der Waals surface area (Å²) in [5, 5.41) is 12.9. The Morgan fingerprint density at radius 3 is 2.78 bits per heavy atom. The summed E-state index contributed by atoms with van der Waals surface area (Å²) in [6.45, 7) is 1.78. The largest absolute Gasteiger partial charge is 0.390 e. The number of rotatable bonds is 3. The first-order valence-corrected chi connectivity index (χ1v) is 7.32. The lowest BCUT2D eigenvalue weighted by Gasteiger charge is -2.17. The Bertz CT molecular complexity index is 725. The highest BCUT2D eigenvalue weighted by Gasteiger charge is 2.33. The fraction of sp³-hybridized carbons (Fsp3) is 0.375. The maximum atomic E-state index is 13.9. The number of halogens is 2. The van der Waals surface area contributed by atoms with Gasteiger partial charge in [0.1, 0.15) is 28.7 Å². The molecule has 0 aliphatic carbocycles. The number of amides is 1. The van der Waals surface area contributed by atoms with Crippen molar-refractivity contribution >= 4 is 5.91 Å². The van der Waals surface area contributed by atoms with E-state index in [1.165, 1.54) is 23.1 Å². The molecule has 3 rings (SSSR count). The summed E-state index contributed by atoms with van der Waals surface area (Å²) in [6, 6.07) is 3.76. The summed E-state index contributed by atoms with van der Waals surface area (Å²) in [7, 11) is 0. The number of carbonyl (C=O) groups is 1. The van der Waals surface area contributed by atoms with Crippen LogP contribution in [0.4, 0.5) is 8.78 Å². The smallest absolute Gasteiger partial charge is 0.259 e. The van der Waals surface area contributed by atoms with Crippen molar-refractivity contribution in [2.75, 3.05) is 13.1 Å². The molecular formula is C16H16F2N2O3. The number of aryl methyl sites for hydroxylation is 1. The highest BCUT2D eigenvalue weighted by Crippen LogP contribution is 2.32. The van der Waals surface area contributed by atoms with E-state index in [1.807, 2.05) is 0 Å². The summed E-state index contributed by atoms with van der Waals surface area (Å²) in [5.41, 5.74) is 0.419. The minimum atomic E-state index is -0.596. The van der Waals surface area contributed by atoms with E-state index >= 15 is 0 Å². The van der Waals surface area contributed by atoms with Crippen LogP contribution in [0.25, 0.3) is 0 Å². The van der Waals surface area contributed by atoms with Crippen LogP contribution >= 0.6 is 0 Å². The zero-order chi connectivity index (χ0) is 16.6. The normalized spacial score (nSPS) is 17.7. The average Bonchev–Trinajstić information content (AvgIpc) is 3.13. The van der Waals surface area contributed by atoms with E-state index in [0.29, 0.717) is 18.7 Å². The van der Waals surface area contributed by atoms with Gasteiger partial charge in [-0.3, -0.25) is 4.79 Å². The van der Waals surface area contributed by atoms with Gasteiger partial charge in [-0.25, -0.2) is 8.78 Å². The Hall–Kier alpha value is -2.28. The maximum Gasteiger partial charge on any atom is 0.259 e. The number of hydrogen-bond acceptors (Lipinski definition) is 4. The first kappa shape index (κ1) is 15.6. The molecule has 122 valence electrons. The number of aliphatic hydroxyl groups excluding tert-OH is 1. The minimum absolute atomic E-state index is 0.0206. The zero-order valence-corrected chi connectivity index (χ0v) is 12.6. The third-order valence-electron chi connectivity index (χ3n) is 4.18. The van der Waals surface area contributed by atoms with E-state index in [-0.39, 0.29) is 29.3 Å². The van der Waals surface area contributed by atoms with Crippen molar-refractivity contribution in [3.05, 3.63) is 52.4 Å². The van der Waals surface area contributed by atoms with Gasteiger partial charge in [-0.05, 0) is 25.5 Å². The second-order valence-corrected chi connectivity index (χ2v) is 5.59. The van der Waals surface area contributed by atoms with Crippen LogP contribution in [-0.4, -0.2) is 34.2 Å². The van der Waals surface area contributed by atoms with E-state index in [0.717, 1.165) is 0 Å². The zero-order valence-electron chi connectivity index (χ0n) is 12.6. The third-order valence-corrected chi connectivity index (χ3v) is 4.18. The van der Waals surface area contributed by atoms with Gasteiger partial charge in [0.15, 0.2) is 0 Å². The number of nitrogens with zero attached hydrogens (tertiary/aromatic N) is 2. The van der Waals surface area contributed by atoms with Crippen molar-refractivity contribution in [3.8, 4) is 0 Å². The highest BCUT2D eigenvalue weighted by atomic mass is 19.1. The van der Waals surface area contributed by atoms with Crippen molar-refractivity contribution in [3.63, 3.8) is 0 Å². The Kier molecular flexibility index (Phi) is 4.12. The molecule has 0 spiro atoms. The Labute approximate surface area is 131 Å². The molecule has 2 aromatic rings. The van der Waals surface area contributed by atoms with Gasteiger partial charge in [0.2, 0.25) is 0 Å². The van der Waals surface area contributed by atoms with Gasteiger partial charge >= 0.3 is 0 Å². The lowest BCUT2D eigenvalue weighted by Crippen LogP contribution is -2.29. The fourth-order valence-corrected chi connectivity index (χ4v) is 3.04. The number of hydrogen-bond donors (Lipinski definition) is 1. The lowest BCUT2D eigenvalue weighted by molar-refractivity contribution is 0.0785. The molecule has 1 aromatic heterocycles. The van der Waals surface area contributed by atoms with Crippen molar-refractivity contribution in [1.82, 2.24) is 10.1 Å². The topological polar surface area (TPSA) is 66.6 Å². The molecule has 0 saturated carbocycles. The van der Waals surface area contributed by atoms with Crippen molar-refractivity contribution in [2.24, 2.45) is 0 Å². The second-order valence-electron chi connectivity index (χ2n) is 5.59. The molecule has 1 saturated heterocycles. The highest BCUT2D eigenvalue weighted by molar-refractivity contribution is 5.96. The van der Waals surface area contributed by atoms with Crippen molar-refractivity contribution in [2.45, 2.75) is 25.9 Å². The quantitative estimate of drug-likeness (QED) is 0.942. The molecule has 1 N–H and O–H groups in total. The molecule has 2 heterocycles. The van der Waals surface area contributed by atoms with E-state index in [9.17, 15) is 18.7 Å². The van der Waals surface area contributed by atoms with E-state index in [4.69, 9.17) is 4.52 Å². The Morgan fingerprint density at radius 1 is 1.43 bits per heavy atom. The molecule has 7 heteroatoms. The summed E-state index contributed by atoms with van der Waals surface area (Å²) in [6.07, 6.45) is 0.475. The first-order chi connectivity index (χ1) is 11.0. The van der Waals surface area contributed by atoms with Gasteiger partial charge in [0.05, 0.1) is 6.61 Å². The number of aliphatic hydroxyl groups is 1. The average molecular weight is 322 g/mol. The van der Waals surface area contributed by atoms with Crippen LogP contribution in [0.5, 0.6) is 0 Å². The molecule has 23 heavy (non-hydrogen) atoms. The predicted octanol–water partition coefficient (Wildman–Crippen LogP) is 2.38. The van der Waals surface area contributed by atoms with Crippen LogP contribution in [0.2, 0.25) is 0 Å². The van der Waals surface area contributed by atoms with Gasteiger partial charge < -0.3 is 14.5 Å². The molecule has 0 radical (unpaired) electrons. The molecule has 0 bridgehead atoms. The number of aromatic nitrogens is 1. The van der Waals surface area contributed by atoms with E-state index < -0.39 is 24.2 Å². The van der Waals surface area contributed by atoms with Crippen LogP contribution in [0.3, 0.4) is 0 Å². The van der Waals surface area contributed by atoms with E-state index in [1.54, 1.807) is 6.92 Å². The summed E-state index contributed by atoms with van der Waals surface area (Å²) in [5.74, 6) is -1.60. The van der Waals surface area contributed by atoms with Crippen LogP contribution in [0.15, 0.2) is 22.7 Å². The molecular weight excluding hydrogens is 306 g/mol. The molecule has 1 atom stereocenters. The van der Waals surface area contributed by atoms with Gasteiger partial charge in [0.25, 0.3) is 5.91 Å². The van der Waals surface area contributed by atoms with Crippen LogP contribution in [0.1, 0.15) is 39.7 Å². The Morgan fingerprint density at radius 2 is 2.13 bits per heavy atom. The van der Waals surface area contributed by atoms with Gasteiger partial charge in [-0.15, -0.1) is 0 Å². The second kappa shape index (κ2) is 6.08. The number of benzene rings is 1. The van der Waals surface area contributed by atoms with Crippen LogP contribution < -0.4 is 0 Å². The van der Waals surface area contributed by atoms with Crippen molar-refractivity contribution < 1.29 is 23.2 Å². The monoisotopic (exact) mass is 322 g/mol. The first-order valence-electron chi connectivity index (χ1n) is 7.32. The minimum Gasteiger partial charge on any atom is -0.390 e. The van der Waals surface area contributed by atoms with Gasteiger partial charge in [-0.1, -0.05) is 11.2 Å². The summed E-state index contributed by atoms with van der Waals surface area (Å²) in [4.78, 5) is 14.1. The molecule has 1 aromatic carbocycles. The van der Waals surface area contributed by atoms with Crippen LogP contribution in [0, 0.1) is 18.6 Å². The molecule has 1 aliphatic heterocycles. The van der Waals surface area contributed by atoms with Crippen molar-refractivity contribution in [1.29, 1.82) is 0 Å². The predicted molar refractivity (Wildman–Crippen MR) is 76.8 cm³/mol. The summed E-state index contributed by atoms with van der Waals surface area (Å²) >= 11 is 0. The molecule has 1 unspecified atom stereocenters. The molecule has 1 fully saturated rings. The molecule has 5 nitrogen and oxygen atoms in total. The number of carbonyl (C=O) groups excluding carboxylic acids is 1. The molecule has 1 amide bonds. The Balaban J connectivity index is 1.82. The third kappa shape index (κ3) is 2.72. The number of likely N-dealkylation sites (tertiary alicyclic amines) is 1. The van der Waals surface area contributed by atoms with Crippen LogP contribution in [-0.2, 0) is 6.61 Å². The summed E-state index contributed by atoms with van der Waals surface area (Å²) < 4.78 is 32.7.